The highest BCUT2D eigenvalue weighted by Crippen LogP contribution is 2.31. The molecule has 1 aliphatic rings. The fourth-order valence-corrected chi connectivity index (χ4v) is 1.66. The van der Waals surface area contributed by atoms with E-state index >= 15 is 0 Å². The quantitative estimate of drug-likeness (QED) is 0.634. The molecule has 1 amide bonds. The number of alkyl carbamates (subject to hydrolysis) is 1. The van der Waals surface area contributed by atoms with Gasteiger partial charge in [-0.1, -0.05) is 0 Å². The summed E-state index contributed by atoms with van der Waals surface area (Å²) in [6, 6.07) is 3.98. The molecule has 90 valence electrons. The first-order valence-corrected chi connectivity index (χ1v) is 4.87. The van der Waals surface area contributed by atoms with Gasteiger partial charge in [-0.3, -0.25) is 10.1 Å². The van der Waals surface area contributed by atoms with E-state index in [4.69, 9.17) is 9.47 Å². The second kappa shape index (κ2) is 4.28. The summed E-state index contributed by atoms with van der Waals surface area (Å²) in [6.07, 6.45) is -0.569. The van der Waals surface area contributed by atoms with Gasteiger partial charge in [0.2, 0.25) is 0 Å². The summed E-state index contributed by atoms with van der Waals surface area (Å²) in [5, 5.41) is 13.4. The Labute approximate surface area is 96.5 Å². The van der Waals surface area contributed by atoms with Crippen molar-refractivity contribution in [3.8, 4) is 5.75 Å². The molecule has 1 saturated heterocycles. The molecular weight excluding hydrogens is 228 g/mol. The summed E-state index contributed by atoms with van der Waals surface area (Å²) in [6.45, 7) is 0.0893. The van der Waals surface area contributed by atoms with Crippen molar-refractivity contribution in [2.75, 3.05) is 13.7 Å². The topological polar surface area (TPSA) is 90.7 Å². The lowest BCUT2D eigenvalue weighted by atomic mass is 10.1. The van der Waals surface area contributed by atoms with Crippen molar-refractivity contribution in [1.29, 1.82) is 0 Å². The number of nitrogens with zero attached hydrogens (tertiary/aromatic N) is 1. The third-order valence-corrected chi connectivity index (χ3v) is 2.48. The number of carbonyl (C=O) groups excluding carboxylic acids is 1. The van der Waals surface area contributed by atoms with E-state index in [2.05, 4.69) is 5.32 Å². The number of amides is 1. The van der Waals surface area contributed by atoms with Crippen LogP contribution in [0.5, 0.6) is 5.75 Å². The van der Waals surface area contributed by atoms with Crippen LogP contribution in [0, 0.1) is 10.1 Å². The predicted octanol–water partition coefficient (Wildman–Crippen LogP) is 1.38. The van der Waals surface area contributed by atoms with Crippen LogP contribution < -0.4 is 10.1 Å². The van der Waals surface area contributed by atoms with Gasteiger partial charge < -0.3 is 14.8 Å². The molecule has 1 aromatic rings. The summed E-state index contributed by atoms with van der Waals surface area (Å²) in [7, 11) is 1.43. The number of methoxy groups -OCH3 is 1. The Balaban J connectivity index is 2.39. The van der Waals surface area contributed by atoms with Crippen LogP contribution in [-0.4, -0.2) is 24.7 Å². The van der Waals surface area contributed by atoms with Crippen molar-refractivity contribution in [3.05, 3.63) is 33.9 Å². The summed E-state index contributed by atoms with van der Waals surface area (Å²) in [5.41, 5.74) is 0.307. The predicted molar refractivity (Wildman–Crippen MR) is 56.9 cm³/mol. The number of cyclic esters (lactones) is 1. The van der Waals surface area contributed by atoms with Gasteiger partial charge in [-0.25, -0.2) is 4.79 Å². The highest BCUT2D eigenvalue weighted by atomic mass is 16.6. The second-order valence-electron chi connectivity index (χ2n) is 3.48. The van der Waals surface area contributed by atoms with E-state index in [0.717, 1.165) is 0 Å². The maximum Gasteiger partial charge on any atom is 0.407 e. The third kappa shape index (κ3) is 2.12. The molecule has 0 saturated carbocycles. The first-order valence-electron chi connectivity index (χ1n) is 4.87. The first kappa shape index (κ1) is 11.2. The molecule has 0 aliphatic carbocycles. The Morgan fingerprint density at radius 2 is 2.35 bits per heavy atom. The average molecular weight is 238 g/mol. The van der Waals surface area contributed by atoms with Crippen molar-refractivity contribution < 1.29 is 19.2 Å². The van der Waals surface area contributed by atoms with Crippen LogP contribution >= 0.6 is 0 Å². The Bertz CT molecular complexity index is 474. The maximum atomic E-state index is 10.9. The number of hydrogen-bond acceptors (Lipinski definition) is 5. The van der Waals surface area contributed by atoms with Gasteiger partial charge in [0.15, 0.2) is 0 Å². The van der Waals surface area contributed by atoms with Crippen LogP contribution in [0.2, 0.25) is 0 Å². The van der Waals surface area contributed by atoms with Crippen molar-refractivity contribution in [1.82, 2.24) is 5.32 Å². The van der Waals surface area contributed by atoms with E-state index in [1.54, 1.807) is 12.1 Å². The highest BCUT2D eigenvalue weighted by Gasteiger charge is 2.30. The molecule has 1 aliphatic heterocycles. The van der Waals surface area contributed by atoms with Gasteiger partial charge in [0.05, 0.1) is 29.7 Å². The van der Waals surface area contributed by atoms with E-state index in [0.29, 0.717) is 11.3 Å². The number of carbonyl (C=O) groups is 1. The maximum absolute atomic E-state index is 10.9. The van der Waals surface area contributed by atoms with Crippen LogP contribution in [0.15, 0.2) is 18.2 Å². The molecule has 1 unspecified atom stereocenters. The lowest BCUT2D eigenvalue weighted by molar-refractivity contribution is -0.385. The minimum absolute atomic E-state index is 0.0893. The third-order valence-electron chi connectivity index (χ3n) is 2.48. The van der Waals surface area contributed by atoms with E-state index in [1.165, 1.54) is 13.2 Å². The van der Waals surface area contributed by atoms with Crippen LogP contribution in [0.4, 0.5) is 10.5 Å². The Kier molecular flexibility index (Phi) is 2.82. The van der Waals surface area contributed by atoms with E-state index < -0.39 is 17.1 Å². The summed E-state index contributed by atoms with van der Waals surface area (Å²) >= 11 is 0. The van der Waals surface area contributed by atoms with Gasteiger partial charge in [-0.05, 0) is 12.1 Å². The number of nitrogens with one attached hydrogen (secondary N) is 1. The average Bonchev–Trinajstić information content (AvgIpc) is 2.75. The molecule has 2 rings (SSSR count). The summed E-state index contributed by atoms with van der Waals surface area (Å²) in [5.74, 6) is 0.394. The fraction of sp³-hybridized carbons (Fsp3) is 0.300. The molecular formula is C10H10N2O5. The number of benzene rings is 1. The highest BCUT2D eigenvalue weighted by molar-refractivity contribution is 5.70. The van der Waals surface area contributed by atoms with Gasteiger partial charge >= 0.3 is 6.09 Å². The van der Waals surface area contributed by atoms with Crippen LogP contribution in [-0.2, 0) is 4.74 Å². The van der Waals surface area contributed by atoms with Gasteiger partial charge in [0.25, 0.3) is 5.69 Å². The molecule has 1 fully saturated rings. The van der Waals surface area contributed by atoms with Gasteiger partial charge in [0, 0.05) is 0 Å². The smallest absolute Gasteiger partial charge is 0.407 e. The van der Waals surface area contributed by atoms with Crippen molar-refractivity contribution in [3.63, 3.8) is 0 Å². The van der Waals surface area contributed by atoms with Crippen LogP contribution in [0.3, 0.4) is 0 Å². The molecule has 0 bridgehead atoms. The zero-order chi connectivity index (χ0) is 12.4. The molecule has 1 N–H and O–H groups in total. The van der Waals surface area contributed by atoms with Gasteiger partial charge in [-0.2, -0.15) is 0 Å². The van der Waals surface area contributed by atoms with Gasteiger partial charge in [-0.15, -0.1) is 0 Å². The summed E-state index contributed by atoms with van der Waals surface area (Å²) in [4.78, 5) is 21.3. The molecule has 1 atom stereocenters. The monoisotopic (exact) mass is 238 g/mol. The molecule has 17 heavy (non-hydrogen) atoms. The molecule has 0 spiro atoms. The second-order valence-corrected chi connectivity index (χ2v) is 3.48. The number of hydrogen-bond donors (Lipinski definition) is 1. The number of nitro groups is 1. The Morgan fingerprint density at radius 1 is 1.59 bits per heavy atom. The van der Waals surface area contributed by atoms with Crippen molar-refractivity contribution in [2.24, 2.45) is 0 Å². The molecule has 0 radical (unpaired) electrons. The zero-order valence-corrected chi connectivity index (χ0v) is 9.00. The summed E-state index contributed by atoms with van der Waals surface area (Å²) < 4.78 is 9.63. The van der Waals surface area contributed by atoms with Crippen molar-refractivity contribution >= 4 is 11.8 Å². The van der Waals surface area contributed by atoms with Gasteiger partial charge in [0.1, 0.15) is 12.4 Å². The zero-order valence-electron chi connectivity index (χ0n) is 9.00. The van der Waals surface area contributed by atoms with E-state index in [-0.39, 0.29) is 12.3 Å². The molecule has 7 nitrogen and oxygen atoms in total. The SMILES string of the molecule is COc1ccc(C2COC(=O)N2)c([N+](=O)[O-])c1. The largest absolute Gasteiger partial charge is 0.497 e. The fourth-order valence-electron chi connectivity index (χ4n) is 1.66. The number of rotatable bonds is 3. The van der Waals surface area contributed by atoms with E-state index in [1.807, 2.05) is 0 Å². The minimum atomic E-state index is -0.569. The molecule has 7 heteroatoms. The number of nitro benzene ring substituents is 1. The lowest BCUT2D eigenvalue weighted by Crippen LogP contribution is -2.19. The first-order chi connectivity index (χ1) is 8.11. The normalized spacial score (nSPS) is 18.4. The van der Waals surface area contributed by atoms with E-state index in [9.17, 15) is 14.9 Å². The Hall–Kier alpha value is -2.31. The van der Waals surface area contributed by atoms with Crippen molar-refractivity contribution in [2.45, 2.75) is 6.04 Å². The van der Waals surface area contributed by atoms with Crippen LogP contribution in [0.25, 0.3) is 0 Å². The minimum Gasteiger partial charge on any atom is -0.497 e. The Morgan fingerprint density at radius 3 is 2.88 bits per heavy atom. The number of ether oxygens (including phenoxy) is 2. The molecule has 0 aromatic heterocycles. The van der Waals surface area contributed by atoms with Crippen LogP contribution in [0.1, 0.15) is 11.6 Å². The molecule has 1 heterocycles. The lowest BCUT2D eigenvalue weighted by Gasteiger charge is -2.09. The molecule has 1 aromatic carbocycles. The standard InChI is InChI=1S/C10H10N2O5/c1-16-6-2-3-7(9(4-6)12(14)15)8-5-17-10(13)11-8/h2-4,8H,5H2,1H3,(H,11,13).